The van der Waals surface area contributed by atoms with E-state index < -0.39 is 17.7 Å². The van der Waals surface area contributed by atoms with Crippen LogP contribution < -0.4 is 5.73 Å². The van der Waals surface area contributed by atoms with E-state index in [0.717, 1.165) is 12.8 Å². The summed E-state index contributed by atoms with van der Waals surface area (Å²) in [7, 11) is 0. The number of nitrogens with two attached hydrogens (primary N) is 1. The first-order valence-corrected chi connectivity index (χ1v) is 5.77. The highest BCUT2D eigenvalue weighted by atomic mass is 79.9. The summed E-state index contributed by atoms with van der Waals surface area (Å²) in [6, 6.07) is 1.99. The van der Waals surface area contributed by atoms with Gasteiger partial charge in [0, 0.05) is 16.1 Å². The van der Waals surface area contributed by atoms with Crippen LogP contribution in [0.3, 0.4) is 0 Å². The summed E-state index contributed by atoms with van der Waals surface area (Å²) >= 11 is 3.04. The standard InChI is InChI=1S/C11H12BrF2N.ClH/c12-7-4-8(13)11(9(14)5-7)10(15)3-6-1-2-6;/h4-6,10H,1-3,15H2;1H/t10-;/m1./s1. The largest absolute Gasteiger partial charge is 0.324 e. The minimum absolute atomic E-state index is 0. The van der Waals surface area contributed by atoms with Crippen LogP contribution >= 0.6 is 28.3 Å². The average Bonchev–Trinajstić information content (AvgIpc) is 2.85. The van der Waals surface area contributed by atoms with Crippen molar-refractivity contribution in [2.24, 2.45) is 11.7 Å². The zero-order valence-corrected chi connectivity index (χ0v) is 11.0. The lowest BCUT2D eigenvalue weighted by molar-refractivity contribution is 0.497. The molecule has 90 valence electrons. The van der Waals surface area contributed by atoms with E-state index in [2.05, 4.69) is 15.9 Å². The lowest BCUT2D eigenvalue weighted by Crippen LogP contribution is -2.15. The van der Waals surface area contributed by atoms with Gasteiger partial charge in [0.25, 0.3) is 0 Å². The maximum atomic E-state index is 13.5. The molecule has 2 N–H and O–H groups in total. The van der Waals surface area contributed by atoms with Crippen LogP contribution in [0.15, 0.2) is 16.6 Å². The molecule has 1 aromatic carbocycles. The van der Waals surface area contributed by atoms with Gasteiger partial charge in [-0.2, -0.15) is 0 Å². The van der Waals surface area contributed by atoms with Crippen LogP contribution in [0, 0.1) is 17.6 Å². The number of hydrogen-bond donors (Lipinski definition) is 1. The molecule has 0 bridgehead atoms. The third-order valence-electron chi connectivity index (χ3n) is 2.70. The predicted molar refractivity (Wildman–Crippen MR) is 65.6 cm³/mol. The minimum Gasteiger partial charge on any atom is -0.324 e. The predicted octanol–water partition coefficient (Wildman–Crippen LogP) is 3.95. The first kappa shape index (κ1) is 13.9. The Hall–Kier alpha value is -0.190. The van der Waals surface area contributed by atoms with Crippen molar-refractivity contribution < 1.29 is 8.78 Å². The first-order valence-electron chi connectivity index (χ1n) is 4.98. The minimum atomic E-state index is -0.560. The molecular weight excluding hydrogens is 299 g/mol. The molecule has 1 saturated carbocycles. The fraction of sp³-hybridized carbons (Fsp3) is 0.455. The molecule has 0 amide bonds. The van der Waals surface area contributed by atoms with Gasteiger partial charge in [0.15, 0.2) is 0 Å². The van der Waals surface area contributed by atoms with Crippen LogP contribution in [0.5, 0.6) is 0 Å². The summed E-state index contributed by atoms with van der Waals surface area (Å²) in [4.78, 5) is 0. The second kappa shape index (κ2) is 5.43. The number of hydrogen-bond acceptors (Lipinski definition) is 1. The van der Waals surface area contributed by atoms with Crippen LogP contribution in [0.4, 0.5) is 8.78 Å². The van der Waals surface area contributed by atoms with Crippen molar-refractivity contribution in [1.29, 1.82) is 0 Å². The van der Waals surface area contributed by atoms with Crippen LogP contribution in [0.25, 0.3) is 0 Å². The molecule has 0 radical (unpaired) electrons. The highest BCUT2D eigenvalue weighted by Crippen LogP contribution is 2.38. The fourth-order valence-electron chi connectivity index (χ4n) is 1.74. The van der Waals surface area contributed by atoms with Gasteiger partial charge in [0.2, 0.25) is 0 Å². The highest BCUT2D eigenvalue weighted by Gasteiger charge is 2.27. The summed E-state index contributed by atoms with van der Waals surface area (Å²) in [5, 5.41) is 0. The van der Waals surface area contributed by atoms with Crippen molar-refractivity contribution in [3.63, 3.8) is 0 Å². The van der Waals surface area contributed by atoms with Gasteiger partial charge in [0.05, 0.1) is 0 Å². The number of benzene rings is 1. The monoisotopic (exact) mass is 311 g/mol. The first-order chi connectivity index (χ1) is 7.08. The van der Waals surface area contributed by atoms with Gasteiger partial charge in [-0.05, 0) is 24.5 Å². The highest BCUT2D eigenvalue weighted by molar-refractivity contribution is 9.10. The van der Waals surface area contributed by atoms with Crippen molar-refractivity contribution in [2.75, 3.05) is 0 Å². The van der Waals surface area contributed by atoms with E-state index in [1.165, 1.54) is 12.1 Å². The Morgan fingerprint density at radius 3 is 2.25 bits per heavy atom. The van der Waals surface area contributed by atoms with Crippen molar-refractivity contribution in [3.8, 4) is 0 Å². The summed E-state index contributed by atoms with van der Waals surface area (Å²) in [6.07, 6.45) is 2.94. The maximum absolute atomic E-state index is 13.5. The lowest BCUT2D eigenvalue weighted by atomic mass is 10.0. The van der Waals surface area contributed by atoms with Crippen LogP contribution in [0.2, 0.25) is 0 Å². The molecule has 0 spiro atoms. The maximum Gasteiger partial charge on any atom is 0.132 e. The molecular formula is C11H13BrClF2N. The topological polar surface area (TPSA) is 26.0 Å². The third kappa shape index (κ3) is 3.15. The molecule has 1 aromatic rings. The van der Waals surface area contributed by atoms with Crippen LogP contribution in [0.1, 0.15) is 30.9 Å². The van der Waals surface area contributed by atoms with E-state index >= 15 is 0 Å². The Morgan fingerprint density at radius 1 is 1.31 bits per heavy atom. The van der Waals surface area contributed by atoms with Gasteiger partial charge in [-0.3, -0.25) is 0 Å². The van der Waals surface area contributed by atoms with Gasteiger partial charge in [-0.25, -0.2) is 8.78 Å². The van der Waals surface area contributed by atoms with E-state index in [9.17, 15) is 8.78 Å². The molecule has 0 aromatic heterocycles. The Morgan fingerprint density at radius 2 is 1.81 bits per heavy atom. The zero-order valence-electron chi connectivity index (χ0n) is 8.55. The molecule has 1 aliphatic carbocycles. The van der Waals surface area contributed by atoms with E-state index in [4.69, 9.17) is 5.73 Å². The summed E-state index contributed by atoms with van der Waals surface area (Å²) in [5.74, 6) is -0.563. The molecule has 1 nitrogen and oxygen atoms in total. The number of halogens is 4. The van der Waals surface area contributed by atoms with Crippen LogP contribution in [-0.2, 0) is 0 Å². The summed E-state index contributed by atoms with van der Waals surface area (Å²) in [5.41, 5.74) is 5.81. The molecule has 0 heterocycles. The van der Waals surface area contributed by atoms with E-state index in [1.54, 1.807) is 0 Å². The van der Waals surface area contributed by atoms with Crippen molar-refractivity contribution in [2.45, 2.75) is 25.3 Å². The van der Waals surface area contributed by atoms with Crippen molar-refractivity contribution >= 4 is 28.3 Å². The Kier molecular flexibility index (Phi) is 4.71. The molecule has 0 unspecified atom stereocenters. The fourth-order valence-corrected chi connectivity index (χ4v) is 2.14. The van der Waals surface area contributed by atoms with Crippen molar-refractivity contribution in [1.82, 2.24) is 0 Å². The quantitative estimate of drug-likeness (QED) is 0.898. The van der Waals surface area contributed by atoms with Crippen molar-refractivity contribution in [3.05, 3.63) is 33.8 Å². The SMILES string of the molecule is Cl.N[C@H](CC1CC1)c1c(F)cc(Br)cc1F. The second-order valence-corrected chi connectivity index (χ2v) is 4.98. The van der Waals surface area contributed by atoms with Gasteiger partial charge < -0.3 is 5.73 Å². The van der Waals surface area contributed by atoms with E-state index in [-0.39, 0.29) is 18.0 Å². The van der Waals surface area contributed by atoms with Gasteiger partial charge in [-0.1, -0.05) is 28.8 Å². The summed E-state index contributed by atoms with van der Waals surface area (Å²) < 4.78 is 27.4. The normalized spacial score (nSPS) is 16.8. The Balaban J connectivity index is 0.00000128. The van der Waals surface area contributed by atoms with E-state index in [0.29, 0.717) is 16.8 Å². The molecule has 16 heavy (non-hydrogen) atoms. The van der Waals surface area contributed by atoms with Gasteiger partial charge in [-0.15, -0.1) is 12.4 Å². The zero-order chi connectivity index (χ0) is 11.0. The molecule has 1 fully saturated rings. The second-order valence-electron chi connectivity index (χ2n) is 4.07. The third-order valence-corrected chi connectivity index (χ3v) is 3.16. The Bertz CT molecular complexity index is 359. The van der Waals surface area contributed by atoms with Crippen LogP contribution in [-0.4, -0.2) is 0 Å². The number of rotatable bonds is 3. The molecule has 2 rings (SSSR count). The molecule has 0 saturated heterocycles. The summed E-state index contributed by atoms with van der Waals surface area (Å²) in [6.45, 7) is 0. The molecule has 5 heteroatoms. The van der Waals surface area contributed by atoms with Gasteiger partial charge >= 0.3 is 0 Å². The lowest BCUT2D eigenvalue weighted by Gasteiger charge is -2.13. The van der Waals surface area contributed by atoms with Gasteiger partial charge in [0.1, 0.15) is 11.6 Å². The molecule has 1 atom stereocenters. The van der Waals surface area contributed by atoms with E-state index in [1.807, 2.05) is 0 Å². The average molecular weight is 313 g/mol. The Labute approximate surface area is 108 Å². The molecule has 1 aliphatic rings. The molecule has 0 aliphatic heterocycles. The smallest absolute Gasteiger partial charge is 0.132 e.